The summed E-state index contributed by atoms with van der Waals surface area (Å²) in [5.74, 6) is -0.103. The van der Waals surface area contributed by atoms with Crippen molar-refractivity contribution in [2.24, 2.45) is 0 Å². The van der Waals surface area contributed by atoms with Crippen molar-refractivity contribution in [1.82, 2.24) is 13.8 Å². The molecule has 0 radical (unpaired) electrons. The molecule has 8 heteroatoms. The van der Waals surface area contributed by atoms with Crippen molar-refractivity contribution in [3.05, 3.63) is 18.0 Å². The summed E-state index contributed by atoms with van der Waals surface area (Å²) in [5.41, 5.74) is 6.89. The van der Waals surface area contributed by atoms with Crippen LogP contribution in [0.2, 0.25) is 0 Å². The fourth-order valence-electron chi connectivity index (χ4n) is 2.48. The third-order valence-electron chi connectivity index (χ3n) is 3.64. The van der Waals surface area contributed by atoms with Crippen LogP contribution >= 0.6 is 0 Å². The summed E-state index contributed by atoms with van der Waals surface area (Å²) in [6.07, 6.45) is 2.94. The van der Waals surface area contributed by atoms with Crippen LogP contribution in [-0.2, 0) is 10.0 Å². The normalized spacial score (nSPS) is 17.4. The second-order valence-electron chi connectivity index (χ2n) is 5.61. The van der Waals surface area contributed by atoms with Crippen LogP contribution in [-0.4, -0.2) is 60.5 Å². The predicted molar refractivity (Wildman–Crippen MR) is 81.5 cm³/mol. The lowest BCUT2D eigenvalue weighted by molar-refractivity contribution is 0.0686. The molecule has 1 aromatic rings. The van der Waals surface area contributed by atoms with Crippen LogP contribution in [0, 0.1) is 0 Å². The molecule has 0 unspecified atom stereocenters. The van der Waals surface area contributed by atoms with Gasteiger partial charge in [0.05, 0.1) is 11.9 Å². The van der Waals surface area contributed by atoms with Gasteiger partial charge >= 0.3 is 0 Å². The van der Waals surface area contributed by atoms with Gasteiger partial charge < -0.3 is 15.2 Å². The van der Waals surface area contributed by atoms with E-state index in [2.05, 4.69) is 0 Å². The van der Waals surface area contributed by atoms with E-state index in [9.17, 15) is 13.2 Å². The van der Waals surface area contributed by atoms with Crippen LogP contribution in [0.4, 0.5) is 5.69 Å². The Kier molecular flexibility index (Phi) is 4.29. The molecular weight excluding hydrogens is 292 g/mol. The first-order chi connectivity index (χ1) is 9.70. The number of aromatic nitrogens is 1. The first-order valence-corrected chi connectivity index (χ1v) is 8.76. The molecule has 1 aliphatic heterocycles. The molecule has 21 heavy (non-hydrogen) atoms. The fourth-order valence-corrected chi connectivity index (χ4v) is 3.31. The maximum absolute atomic E-state index is 12.6. The Bertz CT molecular complexity index is 628. The van der Waals surface area contributed by atoms with Gasteiger partial charge in [-0.15, -0.1) is 0 Å². The number of hydrogen-bond donors (Lipinski definition) is 1. The molecule has 1 aliphatic rings. The van der Waals surface area contributed by atoms with Crippen molar-refractivity contribution >= 4 is 21.6 Å². The van der Waals surface area contributed by atoms with Crippen LogP contribution in [0.15, 0.2) is 12.3 Å². The van der Waals surface area contributed by atoms with Gasteiger partial charge in [0.25, 0.3) is 5.91 Å². The first kappa shape index (κ1) is 15.8. The molecule has 0 bridgehead atoms. The molecule has 2 N–H and O–H groups in total. The highest BCUT2D eigenvalue weighted by Gasteiger charge is 2.28. The zero-order valence-electron chi connectivity index (χ0n) is 12.6. The Morgan fingerprint density at radius 3 is 2.29 bits per heavy atom. The maximum atomic E-state index is 12.6. The lowest BCUT2D eigenvalue weighted by atomic mass is 10.3. The minimum atomic E-state index is -3.19. The zero-order chi connectivity index (χ0) is 15.8. The Balaban J connectivity index is 2.13. The van der Waals surface area contributed by atoms with E-state index in [0.29, 0.717) is 37.6 Å². The molecule has 1 saturated heterocycles. The average Bonchev–Trinajstić information content (AvgIpc) is 2.79. The summed E-state index contributed by atoms with van der Waals surface area (Å²) in [5, 5.41) is 0. The van der Waals surface area contributed by atoms with E-state index in [-0.39, 0.29) is 11.9 Å². The summed E-state index contributed by atoms with van der Waals surface area (Å²) in [6.45, 7) is 5.44. The van der Waals surface area contributed by atoms with Gasteiger partial charge in [-0.3, -0.25) is 4.79 Å². The van der Waals surface area contributed by atoms with E-state index in [1.165, 1.54) is 10.6 Å². The number of nitrogens with two attached hydrogens (primary N) is 1. The van der Waals surface area contributed by atoms with E-state index < -0.39 is 10.0 Å². The molecule has 1 aromatic heterocycles. The first-order valence-electron chi connectivity index (χ1n) is 6.92. The standard InChI is InChI=1S/C13H22N4O3S/c1-10(2)17-9-11(14)8-12(17)13(18)15-4-6-16(7-5-15)21(3,19)20/h8-10H,4-7,14H2,1-3H3. The van der Waals surface area contributed by atoms with Crippen LogP contribution in [0.5, 0.6) is 0 Å². The average molecular weight is 314 g/mol. The van der Waals surface area contributed by atoms with E-state index in [0.717, 1.165) is 0 Å². The molecule has 1 fully saturated rings. The molecule has 0 aromatic carbocycles. The minimum absolute atomic E-state index is 0.103. The number of sulfonamides is 1. The number of nitrogens with zero attached hydrogens (tertiary/aromatic N) is 3. The van der Waals surface area contributed by atoms with Gasteiger partial charge in [-0.2, -0.15) is 4.31 Å². The third-order valence-corrected chi connectivity index (χ3v) is 4.94. The summed E-state index contributed by atoms with van der Waals surface area (Å²) < 4.78 is 26.2. The second kappa shape index (κ2) is 5.69. The Morgan fingerprint density at radius 2 is 1.81 bits per heavy atom. The summed E-state index contributed by atoms with van der Waals surface area (Å²) in [7, 11) is -3.19. The van der Waals surface area contributed by atoms with Gasteiger partial charge in [0.1, 0.15) is 5.69 Å². The number of piperazine rings is 1. The van der Waals surface area contributed by atoms with Gasteiger partial charge in [-0.1, -0.05) is 0 Å². The van der Waals surface area contributed by atoms with Crippen molar-refractivity contribution in [3.63, 3.8) is 0 Å². The topological polar surface area (TPSA) is 88.6 Å². The minimum Gasteiger partial charge on any atom is -0.397 e. The molecule has 0 aliphatic carbocycles. The second-order valence-corrected chi connectivity index (χ2v) is 7.60. The number of amides is 1. The van der Waals surface area contributed by atoms with Gasteiger partial charge in [0.15, 0.2) is 0 Å². The van der Waals surface area contributed by atoms with E-state index in [4.69, 9.17) is 5.73 Å². The third kappa shape index (κ3) is 3.38. The smallest absolute Gasteiger partial charge is 0.270 e. The van der Waals surface area contributed by atoms with Crippen molar-refractivity contribution in [2.45, 2.75) is 19.9 Å². The lowest BCUT2D eigenvalue weighted by Crippen LogP contribution is -2.50. The SMILES string of the molecule is CC(C)n1cc(N)cc1C(=O)N1CCN(S(C)(=O)=O)CC1. The van der Waals surface area contributed by atoms with Gasteiger partial charge in [0, 0.05) is 38.4 Å². The molecule has 0 saturated carbocycles. The Morgan fingerprint density at radius 1 is 1.24 bits per heavy atom. The molecule has 1 amide bonds. The number of anilines is 1. The highest BCUT2D eigenvalue weighted by atomic mass is 32.2. The summed E-state index contributed by atoms with van der Waals surface area (Å²) >= 11 is 0. The van der Waals surface area contributed by atoms with Crippen molar-refractivity contribution < 1.29 is 13.2 Å². The van der Waals surface area contributed by atoms with E-state index in [1.807, 2.05) is 18.4 Å². The maximum Gasteiger partial charge on any atom is 0.270 e. The zero-order valence-corrected chi connectivity index (χ0v) is 13.4. The number of rotatable bonds is 3. The van der Waals surface area contributed by atoms with Crippen molar-refractivity contribution in [1.29, 1.82) is 0 Å². The number of carbonyl (C=O) groups excluding carboxylic acids is 1. The summed E-state index contributed by atoms with van der Waals surface area (Å²) in [6, 6.07) is 1.81. The van der Waals surface area contributed by atoms with Crippen molar-refractivity contribution in [3.8, 4) is 0 Å². The lowest BCUT2D eigenvalue weighted by Gasteiger charge is -2.33. The van der Waals surface area contributed by atoms with Crippen LogP contribution in [0.3, 0.4) is 0 Å². The molecule has 0 atom stereocenters. The monoisotopic (exact) mass is 314 g/mol. The molecule has 118 valence electrons. The van der Waals surface area contributed by atoms with Gasteiger partial charge in [-0.25, -0.2) is 8.42 Å². The molecule has 7 nitrogen and oxygen atoms in total. The predicted octanol–water partition coefficient (Wildman–Crippen LogP) is 0.369. The van der Waals surface area contributed by atoms with E-state index >= 15 is 0 Å². The van der Waals surface area contributed by atoms with Crippen molar-refractivity contribution in [2.75, 3.05) is 38.2 Å². The largest absolute Gasteiger partial charge is 0.397 e. The van der Waals surface area contributed by atoms with Crippen LogP contribution in [0.1, 0.15) is 30.4 Å². The number of nitrogen functional groups attached to an aromatic ring is 1. The quantitative estimate of drug-likeness (QED) is 0.873. The van der Waals surface area contributed by atoms with Crippen LogP contribution < -0.4 is 5.73 Å². The van der Waals surface area contributed by atoms with E-state index in [1.54, 1.807) is 17.2 Å². The molecule has 2 heterocycles. The Hall–Kier alpha value is -1.54. The van der Waals surface area contributed by atoms with Crippen LogP contribution in [0.25, 0.3) is 0 Å². The Labute approximate surface area is 125 Å². The fraction of sp³-hybridized carbons (Fsp3) is 0.615. The molecular formula is C13H22N4O3S. The number of hydrogen-bond acceptors (Lipinski definition) is 4. The number of carbonyl (C=O) groups is 1. The van der Waals surface area contributed by atoms with Gasteiger partial charge in [0.2, 0.25) is 10.0 Å². The molecule has 0 spiro atoms. The highest BCUT2D eigenvalue weighted by Crippen LogP contribution is 2.19. The van der Waals surface area contributed by atoms with Gasteiger partial charge in [-0.05, 0) is 19.9 Å². The highest BCUT2D eigenvalue weighted by molar-refractivity contribution is 7.88. The summed E-state index contributed by atoms with van der Waals surface area (Å²) in [4.78, 5) is 14.3. The molecule has 2 rings (SSSR count).